The van der Waals surface area contributed by atoms with E-state index in [0.717, 1.165) is 18.9 Å². The Hall–Kier alpha value is -2.58. The highest BCUT2D eigenvalue weighted by Gasteiger charge is 2.32. The molecule has 0 saturated carbocycles. The van der Waals surface area contributed by atoms with E-state index in [1.54, 1.807) is 4.90 Å². The minimum absolute atomic E-state index is 0.00570. The Morgan fingerprint density at radius 3 is 2.36 bits per heavy atom. The molecule has 1 aliphatic heterocycles. The molecular formula is C16H18F3N3O3. The lowest BCUT2D eigenvalue weighted by Gasteiger charge is -2.15. The van der Waals surface area contributed by atoms with E-state index in [0.29, 0.717) is 13.1 Å². The number of likely N-dealkylation sites (tertiary alicyclic amines) is 1. The molecular weight excluding hydrogens is 339 g/mol. The predicted molar refractivity (Wildman–Crippen MR) is 83.6 cm³/mol. The number of hydrogen-bond donors (Lipinski definition) is 2. The molecule has 0 aliphatic carbocycles. The predicted octanol–water partition coefficient (Wildman–Crippen LogP) is 1.69. The smallest absolute Gasteiger partial charge is 0.341 e. The molecule has 0 aromatic heterocycles. The molecule has 2 rings (SSSR count). The van der Waals surface area contributed by atoms with Crippen LogP contribution in [-0.2, 0) is 20.6 Å². The molecule has 25 heavy (non-hydrogen) atoms. The number of benzene rings is 1. The van der Waals surface area contributed by atoms with E-state index in [1.807, 2.05) is 0 Å². The lowest BCUT2D eigenvalue weighted by Crippen LogP contribution is -2.42. The van der Waals surface area contributed by atoms with Crippen LogP contribution in [-0.4, -0.2) is 42.3 Å². The van der Waals surface area contributed by atoms with Crippen molar-refractivity contribution in [2.45, 2.75) is 25.9 Å². The van der Waals surface area contributed by atoms with Crippen LogP contribution in [0.3, 0.4) is 0 Å². The fraction of sp³-hybridized carbons (Fsp3) is 0.438. The third-order valence-electron chi connectivity index (χ3n) is 3.87. The van der Waals surface area contributed by atoms with Gasteiger partial charge in [-0.05, 0) is 37.5 Å². The first-order valence-corrected chi connectivity index (χ1v) is 7.73. The minimum Gasteiger partial charge on any atom is -0.341 e. The number of nitrogens with one attached hydrogen (secondary N) is 2. The Balaban J connectivity index is 1.92. The van der Waals surface area contributed by atoms with Crippen molar-refractivity contribution in [2.24, 2.45) is 0 Å². The second-order valence-electron chi connectivity index (χ2n) is 5.75. The maximum Gasteiger partial charge on any atom is 0.416 e. The highest BCUT2D eigenvalue weighted by Crippen LogP contribution is 2.33. The summed E-state index contributed by atoms with van der Waals surface area (Å²) in [4.78, 5) is 36.8. The van der Waals surface area contributed by atoms with Gasteiger partial charge in [0.15, 0.2) is 0 Å². The lowest BCUT2D eigenvalue weighted by atomic mass is 10.1. The molecule has 6 nitrogen and oxygen atoms in total. The van der Waals surface area contributed by atoms with Gasteiger partial charge in [-0.15, -0.1) is 0 Å². The fourth-order valence-corrected chi connectivity index (χ4v) is 2.51. The summed E-state index contributed by atoms with van der Waals surface area (Å²) in [5.74, 6) is -2.51. The molecule has 0 unspecified atom stereocenters. The molecule has 1 heterocycles. The summed E-state index contributed by atoms with van der Waals surface area (Å²) in [6.45, 7) is 2.20. The summed E-state index contributed by atoms with van der Waals surface area (Å²) in [6, 6.07) is 3.23. The number of anilines is 1. The SMILES string of the molecule is Cc1ccc(NC(=O)C(=O)NCC(=O)N2CCCC2)cc1C(F)(F)F. The quantitative estimate of drug-likeness (QED) is 0.808. The van der Waals surface area contributed by atoms with Gasteiger partial charge < -0.3 is 15.5 Å². The zero-order valence-corrected chi connectivity index (χ0v) is 13.6. The van der Waals surface area contributed by atoms with Crippen LogP contribution >= 0.6 is 0 Å². The van der Waals surface area contributed by atoms with E-state index < -0.39 is 23.6 Å². The van der Waals surface area contributed by atoms with E-state index in [4.69, 9.17) is 0 Å². The van der Waals surface area contributed by atoms with Gasteiger partial charge in [0.2, 0.25) is 5.91 Å². The van der Waals surface area contributed by atoms with E-state index in [1.165, 1.54) is 19.1 Å². The van der Waals surface area contributed by atoms with Gasteiger partial charge in [0.1, 0.15) is 0 Å². The van der Waals surface area contributed by atoms with Crippen LogP contribution in [0.25, 0.3) is 0 Å². The zero-order valence-electron chi connectivity index (χ0n) is 13.6. The maximum atomic E-state index is 12.8. The second kappa shape index (κ2) is 7.54. The summed E-state index contributed by atoms with van der Waals surface area (Å²) < 4.78 is 38.5. The van der Waals surface area contributed by atoms with Crippen LogP contribution in [0.5, 0.6) is 0 Å². The average Bonchev–Trinajstić information content (AvgIpc) is 3.07. The van der Waals surface area contributed by atoms with Crippen LogP contribution in [0, 0.1) is 6.92 Å². The van der Waals surface area contributed by atoms with Gasteiger partial charge in [-0.2, -0.15) is 13.2 Å². The first-order valence-electron chi connectivity index (χ1n) is 7.73. The van der Waals surface area contributed by atoms with E-state index in [2.05, 4.69) is 10.6 Å². The minimum atomic E-state index is -4.56. The number of hydrogen-bond acceptors (Lipinski definition) is 3. The van der Waals surface area contributed by atoms with Crippen LogP contribution in [0.2, 0.25) is 0 Å². The van der Waals surface area contributed by atoms with Crippen molar-refractivity contribution in [1.82, 2.24) is 10.2 Å². The van der Waals surface area contributed by atoms with Gasteiger partial charge >= 0.3 is 18.0 Å². The molecule has 1 aromatic rings. The Bertz CT molecular complexity index is 683. The van der Waals surface area contributed by atoms with Gasteiger partial charge in [0.05, 0.1) is 12.1 Å². The molecule has 0 bridgehead atoms. The fourth-order valence-electron chi connectivity index (χ4n) is 2.51. The number of alkyl halides is 3. The number of nitrogens with zero attached hydrogens (tertiary/aromatic N) is 1. The first-order chi connectivity index (χ1) is 11.7. The van der Waals surface area contributed by atoms with E-state index >= 15 is 0 Å². The summed E-state index contributed by atoms with van der Waals surface area (Å²) >= 11 is 0. The number of halogens is 3. The van der Waals surface area contributed by atoms with Gasteiger partial charge in [0.25, 0.3) is 0 Å². The van der Waals surface area contributed by atoms with Crippen molar-refractivity contribution in [3.63, 3.8) is 0 Å². The summed E-state index contributed by atoms with van der Waals surface area (Å²) in [7, 11) is 0. The van der Waals surface area contributed by atoms with Crippen LogP contribution < -0.4 is 10.6 Å². The molecule has 2 N–H and O–H groups in total. The molecule has 0 atom stereocenters. The summed E-state index contributed by atoms with van der Waals surface area (Å²) in [5, 5.41) is 4.27. The van der Waals surface area contributed by atoms with Gasteiger partial charge in [-0.1, -0.05) is 6.07 Å². The van der Waals surface area contributed by atoms with Gasteiger partial charge in [-0.3, -0.25) is 14.4 Å². The number of rotatable bonds is 3. The molecule has 0 radical (unpaired) electrons. The van der Waals surface area contributed by atoms with E-state index in [-0.39, 0.29) is 23.7 Å². The van der Waals surface area contributed by atoms with Crippen molar-refractivity contribution in [3.8, 4) is 0 Å². The molecule has 1 aromatic carbocycles. The maximum absolute atomic E-state index is 12.8. The monoisotopic (exact) mass is 357 g/mol. The van der Waals surface area contributed by atoms with Crippen LogP contribution in [0.4, 0.5) is 18.9 Å². The highest BCUT2D eigenvalue weighted by atomic mass is 19.4. The van der Waals surface area contributed by atoms with Crippen molar-refractivity contribution < 1.29 is 27.6 Å². The van der Waals surface area contributed by atoms with Crippen LogP contribution in [0.1, 0.15) is 24.0 Å². The second-order valence-corrected chi connectivity index (χ2v) is 5.75. The summed E-state index contributed by atoms with van der Waals surface area (Å²) in [5.41, 5.74) is -1.04. The summed E-state index contributed by atoms with van der Waals surface area (Å²) in [6.07, 6.45) is -2.76. The lowest BCUT2D eigenvalue weighted by molar-refractivity contribution is -0.138. The Labute approximate surface area is 142 Å². The normalized spacial score (nSPS) is 14.3. The Kier molecular flexibility index (Phi) is 5.66. The Morgan fingerprint density at radius 1 is 1.12 bits per heavy atom. The van der Waals surface area contributed by atoms with E-state index in [9.17, 15) is 27.6 Å². The van der Waals surface area contributed by atoms with Crippen molar-refractivity contribution >= 4 is 23.4 Å². The van der Waals surface area contributed by atoms with Crippen molar-refractivity contribution in [2.75, 3.05) is 25.0 Å². The zero-order chi connectivity index (χ0) is 18.6. The number of aryl methyl sites for hydroxylation is 1. The molecule has 0 spiro atoms. The number of amides is 3. The number of carbonyl (C=O) groups is 3. The highest BCUT2D eigenvalue weighted by molar-refractivity contribution is 6.39. The first kappa shape index (κ1) is 18.8. The topological polar surface area (TPSA) is 78.5 Å². The molecule has 136 valence electrons. The molecule has 1 saturated heterocycles. The third kappa shape index (κ3) is 4.94. The largest absolute Gasteiger partial charge is 0.416 e. The van der Waals surface area contributed by atoms with Crippen molar-refractivity contribution in [3.05, 3.63) is 29.3 Å². The Morgan fingerprint density at radius 2 is 1.76 bits per heavy atom. The van der Waals surface area contributed by atoms with Gasteiger partial charge in [-0.25, -0.2) is 0 Å². The standard InChI is InChI=1S/C16H18F3N3O3/c1-10-4-5-11(8-12(10)16(17,18)19)21-15(25)14(24)20-9-13(23)22-6-2-3-7-22/h4-5,8H,2-3,6-7,9H2,1H3,(H,20,24)(H,21,25). The molecule has 1 fully saturated rings. The van der Waals surface area contributed by atoms with Crippen molar-refractivity contribution in [1.29, 1.82) is 0 Å². The molecule has 3 amide bonds. The van der Waals surface area contributed by atoms with Crippen LogP contribution in [0.15, 0.2) is 18.2 Å². The number of carbonyl (C=O) groups excluding carboxylic acids is 3. The third-order valence-corrected chi connectivity index (χ3v) is 3.87. The van der Waals surface area contributed by atoms with Gasteiger partial charge in [0, 0.05) is 18.8 Å². The average molecular weight is 357 g/mol. The molecule has 9 heteroatoms. The molecule has 1 aliphatic rings.